The van der Waals surface area contributed by atoms with E-state index in [0.717, 1.165) is 34.0 Å². The van der Waals surface area contributed by atoms with Crippen LogP contribution in [0.5, 0.6) is 0 Å². The number of imidazole rings is 1. The first kappa shape index (κ1) is 11.2. The van der Waals surface area contributed by atoms with Crippen LogP contribution in [0.3, 0.4) is 0 Å². The molecule has 0 unspecified atom stereocenters. The molecule has 0 atom stereocenters. The van der Waals surface area contributed by atoms with E-state index < -0.39 is 0 Å². The summed E-state index contributed by atoms with van der Waals surface area (Å²) in [4.78, 5) is 10.0. The molecule has 5 heteroatoms. The lowest BCUT2D eigenvalue weighted by atomic mass is 10.3. The molecule has 4 nitrogen and oxygen atoms in total. The van der Waals surface area contributed by atoms with E-state index in [4.69, 9.17) is 10.7 Å². The number of aromatic nitrogens is 3. The SMILES string of the molecule is CCn1c(-c2sc(N)nc2C)nc2ccccc21. The van der Waals surface area contributed by atoms with Crippen molar-refractivity contribution < 1.29 is 0 Å². The van der Waals surface area contributed by atoms with E-state index in [-0.39, 0.29) is 0 Å². The summed E-state index contributed by atoms with van der Waals surface area (Å²) >= 11 is 1.50. The van der Waals surface area contributed by atoms with Crippen molar-refractivity contribution in [3.8, 4) is 10.7 Å². The number of para-hydroxylation sites is 2. The lowest BCUT2D eigenvalue weighted by Gasteiger charge is -2.04. The van der Waals surface area contributed by atoms with Crippen LogP contribution in [-0.4, -0.2) is 14.5 Å². The van der Waals surface area contributed by atoms with Gasteiger partial charge in [0.25, 0.3) is 0 Å². The molecule has 3 aromatic rings. The molecule has 0 fully saturated rings. The van der Waals surface area contributed by atoms with E-state index in [2.05, 4.69) is 22.5 Å². The van der Waals surface area contributed by atoms with Gasteiger partial charge in [-0.2, -0.15) is 0 Å². The summed E-state index contributed by atoms with van der Waals surface area (Å²) in [5.41, 5.74) is 8.89. The molecule has 0 bridgehead atoms. The van der Waals surface area contributed by atoms with Gasteiger partial charge < -0.3 is 10.3 Å². The largest absolute Gasteiger partial charge is 0.375 e. The van der Waals surface area contributed by atoms with Crippen molar-refractivity contribution in [2.45, 2.75) is 20.4 Å². The van der Waals surface area contributed by atoms with Crippen LogP contribution in [0.1, 0.15) is 12.6 Å². The lowest BCUT2D eigenvalue weighted by Crippen LogP contribution is -1.97. The Morgan fingerprint density at radius 2 is 2.06 bits per heavy atom. The van der Waals surface area contributed by atoms with E-state index >= 15 is 0 Å². The molecular weight excluding hydrogens is 244 g/mol. The highest BCUT2D eigenvalue weighted by atomic mass is 32.1. The van der Waals surface area contributed by atoms with Gasteiger partial charge in [-0.25, -0.2) is 9.97 Å². The lowest BCUT2D eigenvalue weighted by molar-refractivity contribution is 0.797. The molecule has 0 aliphatic carbocycles. The first-order valence-electron chi connectivity index (χ1n) is 5.89. The van der Waals surface area contributed by atoms with Crippen molar-refractivity contribution in [1.82, 2.24) is 14.5 Å². The summed E-state index contributed by atoms with van der Waals surface area (Å²) in [6.07, 6.45) is 0. The second-order valence-corrected chi connectivity index (χ2v) is 5.17. The monoisotopic (exact) mass is 258 g/mol. The van der Waals surface area contributed by atoms with Gasteiger partial charge in [0.05, 0.1) is 21.6 Å². The molecular formula is C13H14N4S. The van der Waals surface area contributed by atoms with Gasteiger partial charge in [0.1, 0.15) is 0 Å². The quantitative estimate of drug-likeness (QED) is 0.768. The number of nitrogens with two attached hydrogens (primary N) is 1. The molecule has 1 aromatic carbocycles. The Labute approximate surface area is 109 Å². The van der Waals surface area contributed by atoms with Gasteiger partial charge in [0.2, 0.25) is 0 Å². The number of rotatable bonds is 2. The number of benzene rings is 1. The summed E-state index contributed by atoms with van der Waals surface area (Å²) < 4.78 is 2.20. The molecule has 0 saturated carbocycles. The normalized spacial score (nSPS) is 11.2. The average Bonchev–Trinajstić information content (AvgIpc) is 2.88. The zero-order valence-corrected chi connectivity index (χ0v) is 11.2. The van der Waals surface area contributed by atoms with Crippen LogP contribution in [0.15, 0.2) is 24.3 Å². The highest BCUT2D eigenvalue weighted by molar-refractivity contribution is 7.18. The van der Waals surface area contributed by atoms with Crippen molar-refractivity contribution in [3.05, 3.63) is 30.0 Å². The van der Waals surface area contributed by atoms with Crippen LogP contribution in [0.2, 0.25) is 0 Å². The molecule has 0 spiro atoms. The molecule has 0 aliphatic rings. The van der Waals surface area contributed by atoms with Crippen LogP contribution in [0.25, 0.3) is 21.7 Å². The summed E-state index contributed by atoms with van der Waals surface area (Å²) in [6.45, 7) is 4.98. The van der Waals surface area contributed by atoms with E-state index in [1.807, 2.05) is 25.1 Å². The molecule has 92 valence electrons. The van der Waals surface area contributed by atoms with E-state index in [0.29, 0.717) is 5.13 Å². The van der Waals surface area contributed by atoms with Gasteiger partial charge in [0.15, 0.2) is 11.0 Å². The highest BCUT2D eigenvalue weighted by Gasteiger charge is 2.16. The zero-order chi connectivity index (χ0) is 12.7. The minimum Gasteiger partial charge on any atom is -0.375 e. The minimum atomic E-state index is 0.595. The molecule has 2 aromatic heterocycles. The Hall–Kier alpha value is -1.88. The third-order valence-electron chi connectivity index (χ3n) is 2.99. The predicted octanol–water partition coefficient (Wildman–Crippen LogP) is 3.07. The average molecular weight is 258 g/mol. The van der Waals surface area contributed by atoms with Crippen LogP contribution in [0, 0.1) is 6.92 Å². The standard InChI is InChI=1S/C13H14N4S/c1-3-17-10-7-5-4-6-9(10)16-12(17)11-8(2)15-13(14)18-11/h4-7H,3H2,1-2H3,(H2,14,15). The first-order chi connectivity index (χ1) is 8.70. The van der Waals surface area contributed by atoms with Crippen molar-refractivity contribution >= 4 is 27.5 Å². The fraction of sp³-hybridized carbons (Fsp3) is 0.231. The van der Waals surface area contributed by atoms with Gasteiger partial charge in [-0.05, 0) is 26.0 Å². The van der Waals surface area contributed by atoms with E-state index in [9.17, 15) is 0 Å². The van der Waals surface area contributed by atoms with Gasteiger partial charge in [-0.3, -0.25) is 0 Å². The highest BCUT2D eigenvalue weighted by Crippen LogP contribution is 2.32. The Morgan fingerprint density at radius 1 is 1.28 bits per heavy atom. The van der Waals surface area contributed by atoms with Crippen molar-refractivity contribution in [1.29, 1.82) is 0 Å². The minimum absolute atomic E-state index is 0.595. The summed E-state index contributed by atoms with van der Waals surface area (Å²) in [5.74, 6) is 0.963. The summed E-state index contributed by atoms with van der Waals surface area (Å²) in [7, 11) is 0. The molecule has 0 radical (unpaired) electrons. The van der Waals surface area contributed by atoms with Gasteiger partial charge >= 0.3 is 0 Å². The fourth-order valence-electron chi connectivity index (χ4n) is 2.19. The number of anilines is 1. The van der Waals surface area contributed by atoms with Gasteiger partial charge in [-0.1, -0.05) is 23.5 Å². The topological polar surface area (TPSA) is 56.7 Å². The van der Waals surface area contributed by atoms with Crippen LogP contribution in [-0.2, 0) is 6.54 Å². The molecule has 3 rings (SSSR count). The van der Waals surface area contributed by atoms with Crippen LogP contribution >= 0.6 is 11.3 Å². The third kappa shape index (κ3) is 1.59. The number of nitrogens with zero attached hydrogens (tertiary/aromatic N) is 3. The van der Waals surface area contributed by atoms with E-state index in [1.54, 1.807) is 0 Å². The number of aryl methyl sites for hydroxylation is 2. The van der Waals surface area contributed by atoms with Crippen molar-refractivity contribution in [3.63, 3.8) is 0 Å². The third-order valence-corrected chi connectivity index (χ3v) is 3.97. The second kappa shape index (κ2) is 4.10. The number of thiazole rings is 1. The summed E-state index contributed by atoms with van der Waals surface area (Å²) in [6, 6.07) is 8.17. The first-order valence-corrected chi connectivity index (χ1v) is 6.71. The van der Waals surface area contributed by atoms with Crippen LogP contribution in [0.4, 0.5) is 5.13 Å². The Bertz CT molecular complexity index is 711. The molecule has 2 heterocycles. The second-order valence-electron chi connectivity index (χ2n) is 4.14. The molecule has 0 amide bonds. The van der Waals surface area contributed by atoms with Gasteiger partial charge in [0, 0.05) is 6.54 Å². The van der Waals surface area contributed by atoms with Crippen molar-refractivity contribution in [2.24, 2.45) is 0 Å². The maximum atomic E-state index is 5.77. The summed E-state index contributed by atoms with van der Waals surface area (Å²) in [5, 5.41) is 0.595. The zero-order valence-electron chi connectivity index (χ0n) is 10.3. The maximum Gasteiger partial charge on any atom is 0.180 e. The Balaban J connectivity index is 2.32. The molecule has 0 saturated heterocycles. The number of hydrogen-bond acceptors (Lipinski definition) is 4. The van der Waals surface area contributed by atoms with Gasteiger partial charge in [-0.15, -0.1) is 0 Å². The van der Waals surface area contributed by atoms with Crippen molar-refractivity contribution in [2.75, 3.05) is 5.73 Å². The fourth-order valence-corrected chi connectivity index (χ4v) is 3.03. The number of fused-ring (bicyclic) bond motifs is 1. The Kier molecular flexibility index (Phi) is 2.56. The maximum absolute atomic E-state index is 5.77. The Morgan fingerprint density at radius 3 is 2.72 bits per heavy atom. The van der Waals surface area contributed by atoms with E-state index in [1.165, 1.54) is 11.3 Å². The smallest absolute Gasteiger partial charge is 0.180 e. The molecule has 18 heavy (non-hydrogen) atoms. The number of hydrogen-bond donors (Lipinski definition) is 1. The molecule has 2 N–H and O–H groups in total. The number of nitrogen functional groups attached to an aromatic ring is 1. The predicted molar refractivity (Wildman–Crippen MR) is 75.7 cm³/mol. The van der Waals surface area contributed by atoms with Crippen LogP contribution < -0.4 is 5.73 Å². The molecule has 0 aliphatic heterocycles.